The zero-order valence-electron chi connectivity index (χ0n) is 8.93. The van der Waals surface area contributed by atoms with Crippen LogP contribution in [0.15, 0.2) is 12.7 Å². The molecule has 2 rings (SSSR count). The minimum atomic E-state index is -1.10. The van der Waals surface area contributed by atoms with Crippen LogP contribution in [-0.4, -0.2) is 60.4 Å². The predicted molar refractivity (Wildman–Crippen MR) is 53.8 cm³/mol. The molecule has 8 nitrogen and oxygen atoms in total. The van der Waals surface area contributed by atoms with Gasteiger partial charge in [0, 0.05) is 13.0 Å². The van der Waals surface area contributed by atoms with Crippen LogP contribution in [-0.2, 0) is 16.1 Å². The Bertz CT molecular complexity index is 419. The standard InChI is InChI=1S/C9H12N4O4/c14-6-1-7(9(16)17)13(2-6)8(15)3-12-5-10-4-11-12/h4-7,14H,1-3H2,(H,16,17)/t6-,7-/m0/s1. The smallest absolute Gasteiger partial charge is 0.326 e. The number of carbonyl (C=O) groups is 2. The summed E-state index contributed by atoms with van der Waals surface area (Å²) in [7, 11) is 0. The quantitative estimate of drug-likeness (QED) is 0.653. The minimum Gasteiger partial charge on any atom is -0.480 e. The zero-order valence-corrected chi connectivity index (χ0v) is 8.93. The number of carbonyl (C=O) groups excluding carboxylic acids is 1. The summed E-state index contributed by atoms with van der Waals surface area (Å²) in [6.07, 6.45) is 1.95. The highest BCUT2D eigenvalue weighted by Gasteiger charge is 2.38. The first-order chi connectivity index (χ1) is 8.08. The minimum absolute atomic E-state index is 0.0461. The van der Waals surface area contributed by atoms with Crippen molar-refractivity contribution in [2.45, 2.75) is 25.1 Å². The molecule has 1 amide bonds. The van der Waals surface area contributed by atoms with Gasteiger partial charge in [-0.05, 0) is 0 Å². The summed E-state index contributed by atoms with van der Waals surface area (Å²) < 4.78 is 1.31. The zero-order chi connectivity index (χ0) is 12.4. The number of aliphatic hydroxyl groups is 1. The van der Waals surface area contributed by atoms with Crippen molar-refractivity contribution in [2.75, 3.05) is 6.54 Å². The van der Waals surface area contributed by atoms with Crippen LogP contribution < -0.4 is 0 Å². The van der Waals surface area contributed by atoms with Crippen molar-refractivity contribution in [3.8, 4) is 0 Å². The topological polar surface area (TPSA) is 109 Å². The lowest BCUT2D eigenvalue weighted by Crippen LogP contribution is -2.42. The molecule has 1 aliphatic heterocycles. The molecule has 1 aliphatic rings. The molecule has 0 radical (unpaired) electrons. The van der Waals surface area contributed by atoms with Gasteiger partial charge in [0.2, 0.25) is 5.91 Å². The number of carboxylic acids is 1. The van der Waals surface area contributed by atoms with Crippen LogP contribution in [0.5, 0.6) is 0 Å². The number of amides is 1. The van der Waals surface area contributed by atoms with Crippen LogP contribution in [0.4, 0.5) is 0 Å². The fourth-order valence-electron chi connectivity index (χ4n) is 1.87. The molecule has 0 spiro atoms. The maximum absolute atomic E-state index is 11.8. The Labute approximate surface area is 96.5 Å². The van der Waals surface area contributed by atoms with E-state index < -0.39 is 18.1 Å². The number of β-amino-alcohol motifs (C(OH)–C–C–N with tert-alkyl or cyclic N) is 1. The molecule has 2 heterocycles. The van der Waals surface area contributed by atoms with E-state index in [2.05, 4.69) is 10.1 Å². The molecule has 2 N–H and O–H groups in total. The van der Waals surface area contributed by atoms with Gasteiger partial charge >= 0.3 is 5.97 Å². The lowest BCUT2D eigenvalue weighted by molar-refractivity contribution is -0.148. The van der Waals surface area contributed by atoms with Crippen LogP contribution in [0.1, 0.15) is 6.42 Å². The second kappa shape index (κ2) is 4.50. The molecule has 1 aromatic heterocycles. The lowest BCUT2D eigenvalue weighted by atomic mass is 10.2. The summed E-state index contributed by atoms with van der Waals surface area (Å²) in [5, 5.41) is 22.1. The Morgan fingerprint density at radius 3 is 2.82 bits per heavy atom. The van der Waals surface area contributed by atoms with Gasteiger partial charge in [0.1, 0.15) is 25.2 Å². The first-order valence-electron chi connectivity index (χ1n) is 5.10. The van der Waals surface area contributed by atoms with E-state index in [0.29, 0.717) is 0 Å². The van der Waals surface area contributed by atoms with E-state index in [1.165, 1.54) is 17.3 Å². The Balaban J connectivity index is 2.05. The summed E-state index contributed by atoms with van der Waals surface area (Å²) in [6, 6.07) is -0.957. The van der Waals surface area contributed by atoms with Crippen molar-refractivity contribution in [1.29, 1.82) is 0 Å². The second-order valence-corrected chi connectivity index (χ2v) is 3.88. The highest BCUT2D eigenvalue weighted by atomic mass is 16.4. The molecule has 1 fully saturated rings. The Kier molecular flexibility index (Phi) is 3.05. The molecule has 0 aliphatic carbocycles. The normalized spacial score (nSPS) is 23.9. The highest BCUT2D eigenvalue weighted by Crippen LogP contribution is 2.18. The molecule has 0 saturated carbocycles. The number of aliphatic carboxylic acids is 1. The van der Waals surface area contributed by atoms with Gasteiger partial charge in [0.05, 0.1) is 6.10 Å². The van der Waals surface area contributed by atoms with Crippen molar-refractivity contribution < 1.29 is 19.8 Å². The van der Waals surface area contributed by atoms with E-state index in [1.807, 2.05) is 0 Å². The number of hydrogen-bond donors (Lipinski definition) is 2. The maximum atomic E-state index is 11.8. The fourth-order valence-corrected chi connectivity index (χ4v) is 1.87. The molecule has 8 heteroatoms. The molecule has 0 aromatic carbocycles. The number of rotatable bonds is 3. The van der Waals surface area contributed by atoms with Crippen molar-refractivity contribution in [3.63, 3.8) is 0 Å². The highest BCUT2D eigenvalue weighted by molar-refractivity contribution is 5.84. The van der Waals surface area contributed by atoms with Gasteiger partial charge < -0.3 is 15.1 Å². The molecule has 92 valence electrons. The van der Waals surface area contributed by atoms with Gasteiger partial charge in [-0.3, -0.25) is 4.79 Å². The predicted octanol–water partition coefficient (Wildman–Crippen LogP) is -1.68. The van der Waals surface area contributed by atoms with Crippen LogP contribution in [0.3, 0.4) is 0 Å². The van der Waals surface area contributed by atoms with Crippen LogP contribution in [0.25, 0.3) is 0 Å². The van der Waals surface area contributed by atoms with Crippen LogP contribution >= 0.6 is 0 Å². The Hall–Kier alpha value is -1.96. The van der Waals surface area contributed by atoms with E-state index in [4.69, 9.17) is 5.11 Å². The Morgan fingerprint density at radius 1 is 1.47 bits per heavy atom. The van der Waals surface area contributed by atoms with Crippen molar-refractivity contribution in [3.05, 3.63) is 12.7 Å². The van der Waals surface area contributed by atoms with Gasteiger partial charge in [-0.1, -0.05) is 0 Å². The summed E-state index contributed by atoms with van der Waals surface area (Å²) in [4.78, 5) is 27.6. The third kappa shape index (κ3) is 2.41. The van der Waals surface area contributed by atoms with Gasteiger partial charge in [-0.25, -0.2) is 14.5 Å². The third-order valence-electron chi connectivity index (χ3n) is 2.65. The van der Waals surface area contributed by atoms with Gasteiger partial charge in [-0.2, -0.15) is 5.10 Å². The third-order valence-corrected chi connectivity index (χ3v) is 2.65. The van der Waals surface area contributed by atoms with E-state index in [-0.39, 0.29) is 25.4 Å². The van der Waals surface area contributed by atoms with Crippen molar-refractivity contribution >= 4 is 11.9 Å². The second-order valence-electron chi connectivity index (χ2n) is 3.88. The Morgan fingerprint density at radius 2 is 2.24 bits per heavy atom. The fraction of sp³-hybridized carbons (Fsp3) is 0.556. The van der Waals surface area contributed by atoms with E-state index in [0.717, 1.165) is 4.90 Å². The monoisotopic (exact) mass is 240 g/mol. The molecular formula is C9H12N4O4. The summed E-state index contributed by atoms with van der Waals surface area (Å²) in [6.45, 7) is -0.0268. The first kappa shape index (κ1) is 11.5. The molecule has 1 saturated heterocycles. The number of hydrogen-bond acceptors (Lipinski definition) is 5. The van der Waals surface area contributed by atoms with Crippen molar-refractivity contribution in [1.82, 2.24) is 19.7 Å². The number of aromatic nitrogens is 3. The average molecular weight is 240 g/mol. The number of carboxylic acid groups (broad SMARTS) is 1. The summed E-state index contributed by atoms with van der Waals surface area (Å²) in [5.74, 6) is -1.49. The largest absolute Gasteiger partial charge is 0.480 e. The first-order valence-corrected chi connectivity index (χ1v) is 5.10. The number of likely N-dealkylation sites (tertiary alicyclic amines) is 1. The van der Waals surface area contributed by atoms with E-state index >= 15 is 0 Å². The molecule has 0 bridgehead atoms. The van der Waals surface area contributed by atoms with Crippen molar-refractivity contribution in [2.24, 2.45) is 0 Å². The molecule has 17 heavy (non-hydrogen) atoms. The average Bonchev–Trinajstić information content (AvgIpc) is 2.86. The van der Waals surface area contributed by atoms with Gasteiger partial charge in [0.15, 0.2) is 0 Å². The van der Waals surface area contributed by atoms with Crippen LogP contribution in [0, 0.1) is 0 Å². The molecular weight excluding hydrogens is 228 g/mol. The van der Waals surface area contributed by atoms with Crippen LogP contribution in [0.2, 0.25) is 0 Å². The lowest BCUT2D eigenvalue weighted by Gasteiger charge is -2.20. The number of aliphatic hydroxyl groups excluding tert-OH is 1. The molecule has 2 atom stereocenters. The van der Waals surface area contributed by atoms with E-state index in [1.54, 1.807) is 0 Å². The SMILES string of the molecule is O=C(O)[C@@H]1C[C@H](O)CN1C(=O)Cn1cncn1. The van der Waals surface area contributed by atoms with E-state index in [9.17, 15) is 14.7 Å². The summed E-state index contributed by atoms with van der Waals surface area (Å²) in [5.41, 5.74) is 0. The number of nitrogens with zero attached hydrogens (tertiary/aromatic N) is 4. The molecule has 1 aromatic rings. The molecule has 0 unspecified atom stereocenters. The maximum Gasteiger partial charge on any atom is 0.326 e. The van der Waals surface area contributed by atoms with Gasteiger partial charge in [0.25, 0.3) is 0 Å². The van der Waals surface area contributed by atoms with Gasteiger partial charge in [-0.15, -0.1) is 0 Å². The summed E-state index contributed by atoms with van der Waals surface area (Å²) >= 11 is 0.